The highest BCUT2D eigenvalue weighted by molar-refractivity contribution is 9.10. The smallest absolute Gasteiger partial charge is 0.162 e. The first-order chi connectivity index (χ1) is 14.7. The molecule has 146 valence electrons. The Labute approximate surface area is 182 Å². The van der Waals surface area contributed by atoms with Gasteiger partial charge in [-0.25, -0.2) is 14.4 Å². The third-order valence-electron chi connectivity index (χ3n) is 5.05. The molecular weight excluding hydrogens is 441 g/mol. The van der Waals surface area contributed by atoms with Gasteiger partial charge < -0.3 is 4.57 Å². The molecule has 3 nitrogen and oxygen atoms in total. The van der Waals surface area contributed by atoms with Crippen LogP contribution in [0.2, 0.25) is 0 Å². The normalized spacial score (nSPS) is 11.1. The fourth-order valence-electron chi connectivity index (χ4n) is 3.57. The fraction of sp³-hybridized carbons (Fsp3) is 0.0400. The fourth-order valence-corrected chi connectivity index (χ4v) is 3.95. The van der Waals surface area contributed by atoms with Crippen molar-refractivity contribution in [1.29, 1.82) is 0 Å². The van der Waals surface area contributed by atoms with Crippen LogP contribution in [0.25, 0.3) is 33.7 Å². The summed E-state index contributed by atoms with van der Waals surface area (Å²) in [7, 11) is 0. The minimum Gasteiger partial charge on any atom is -0.328 e. The van der Waals surface area contributed by atoms with Gasteiger partial charge in [-0.2, -0.15) is 0 Å². The summed E-state index contributed by atoms with van der Waals surface area (Å²) in [6.07, 6.45) is 1.98. The van der Waals surface area contributed by atoms with Gasteiger partial charge in [0.05, 0.1) is 12.2 Å². The standard InChI is InChI=1S/C25H17BrFN3/c26-22-12-11-20(27)15-19(22)16-30-14-13-21-23(17-7-3-1-4-8-17)28-24(29-25(21)30)18-9-5-2-6-10-18/h1-15H,16H2. The molecule has 0 bridgehead atoms. The quantitative estimate of drug-likeness (QED) is 0.300. The Bertz CT molecular complexity index is 1330. The third-order valence-corrected chi connectivity index (χ3v) is 5.82. The van der Waals surface area contributed by atoms with Crippen LogP contribution in [0.5, 0.6) is 0 Å². The molecule has 5 heteroatoms. The van der Waals surface area contributed by atoms with Crippen molar-refractivity contribution in [3.05, 3.63) is 107 Å². The number of aromatic nitrogens is 3. The highest BCUT2D eigenvalue weighted by Crippen LogP contribution is 2.30. The molecule has 0 aliphatic rings. The topological polar surface area (TPSA) is 30.7 Å². The Kier molecular flexibility index (Phi) is 4.89. The second-order valence-corrected chi connectivity index (χ2v) is 7.90. The van der Waals surface area contributed by atoms with E-state index in [1.807, 2.05) is 65.4 Å². The molecule has 0 N–H and O–H groups in total. The van der Waals surface area contributed by atoms with Crippen LogP contribution >= 0.6 is 15.9 Å². The lowest BCUT2D eigenvalue weighted by molar-refractivity contribution is 0.623. The van der Waals surface area contributed by atoms with Crippen molar-refractivity contribution in [2.24, 2.45) is 0 Å². The minimum absolute atomic E-state index is 0.255. The van der Waals surface area contributed by atoms with E-state index in [0.29, 0.717) is 12.4 Å². The molecule has 0 aliphatic carbocycles. The molecule has 2 heterocycles. The molecule has 5 rings (SSSR count). The van der Waals surface area contributed by atoms with Crippen LogP contribution in [0.1, 0.15) is 5.56 Å². The zero-order valence-corrected chi connectivity index (χ0v) is 17.6. The summed E-state index contributed by atoms with van der Waals surface area (Å²) in [5, 5.41) is 0.966. The molecule has 30 heavy (non-hydrogen) atoms. The number of halogens is 2. The molecule has 0 unspecified atom stereocenters. The largest absolute Gasteiger partial charge is 0.328 e. The third kappa shape index (κ3) is 3.53. The Morgan fingerprint density at radius 2 is 1.50 bits per heavy atom. The van der Waals surface area contributed by atoms with Gasteiger partial charge in [-0.1, -0.05) is 76.6 Å². The summed E-state index contributed by atoms with van der Waals surface area (Å²) in [6.45, 7) is 0.501. The van der Waals surface area contributed by atoms with E-state index in [-0.39, 0.29) is 5.82 Å². The Morgan fingerprint density at radius 3 is 2.23 bits per heavy atom. The highest BCUT2D eigenvalue weighted by Gasteiger charge is 2.15. The number of benzene rings is 3. The van der Waals surface area contributed by atoms with E-state index in [4.69, 9.17) is 9.97 Å². The number of nitrogens with zero attached hydrogens (tertiary/aromatic N) is 3. The van der Waals surface area contributed by atoms with Crippen molar-refractivity contribution in [3.8, 4) is 22.6 Å². The van der Waals surface area contributed by atoms with Crippen molar-refractivity contribution < 1.29 is 4.39 Å². The van der Waals surface area contributed by atoms with Crippen LogP contribution in [0, 0.1) is 5.82 Å². The minimum atomic E-state index is -0.255. The molecule has 0 amide bonds. The molecule has 0 fully saturated rings. The first kappa shape index (κ1) is 18.7. The molecule has 0 spiro atoms. The molecule has 3 aromatic carbocycles. The van der Waals surface area contributed by atoms with E-state index in [1.54, 1.807) is 12.1 Å². The number of hydrogen-bond donors (Lipinski definition) is 0. The maximum atomic E-state index is 13.8. The molecule has 2 aromatic heterocycles. The molecule has 0 aliphatic heterocycles. The van der Waals surface area contributed by atoms with E-state index in [9.17, 15) is 4.39 Å². The first-order valence-corrected chi connectivity index (χ1v) is 10.4. The average Bonchev–Trinajstić information content (AvgIpc) is 3.19. The van der Waals surface area contributed by atoms with Crippen molar-refractivity contribution >= 4 is 27.0 Å². The lowest BCUT2D eigenvalue weighted by Gasteiger charge is -2.11. The zero-order chi connectivity index (χ0) is 20.5. The zero-order valence-electron chi connectivity index (χ0n) is 16.0. The Hall–Kier alpha value is -3.31. The van der Waals surface area contributed by atoms with Gasteiger partial charge in [-0.15, -0.1) is 0 Å². The van der Waals surface area contributed by atoms with Gasteiger partial charge in [-0.05, 0) is 29.8 Å². The summed E-state index contributed by atoms with van der Waals surface area (Å²) in [5.41, 5.74) is 4.55. The Balaban J connectivity index is 1.71. The van der Waals surface area contributed by atoms with E-state index < -0.39 is 0 Å². The van der Waals surface area contributed by atoms with Gasteiger partial charge >= 0.3 is 0 Å². The van der Waals surface area contributed by atoms with Crippen LogP contribution in [0.4, 0.5) is 4.39 Å². The number of hydrogen-bond acceptors (Lipinski definition) is 2. The Morgan fingerprint density at radius 1 is 0.800 bits per heavy atom. The lowest BCUT2D eigenvalue weighted by Crippen LogP contribution is -2.03. The van der Waals surface area contributed by atoms with E-state index in [0.717, 1.165) is 37.9 Å². The van der Waals surface area contributed by atoms with Crippen molar-refractivity contribution in [3.63, 3.8) is 0 Å². The van der Waals surface area contributed by atoms with Gasteiger partial charge in [0.15, 0.2) is 5.82 Å². The molecule has 0 radical (unpaired) electrons. The van der Waals surface area contributed by atoms with Crippen LogP contribution in [-0.4, -0.2) is 14.5 Å². The predicted molar refractivity (Wildman–Crippen MR) is 122 cm³/mol. The van der Waals surface area contributed by atoms with Crippen molar-refractivity contribution in [2.45, 2.75) is 6.54 Å². The van der Waals surface area contributed by atoms with Crippen molar-refractivity contribution in [2.75, 3.05) is 0 Å². The second-order valence-electron chi connectivity index (χ2n) is 7.04. The van der Waals surface area contributed by atoms with E-state index >= 15 is 0 Å². The van der Waals surface area contributed by atoms with Gasteiger partial charge in [-0.3, -0.25) is 0 Å². The summed E-state index contributed by atoms with van der Waals surface area (Å²) >= 11 is 3.53. The summed E-state index contributed by atoms with van der Waals surface area (Å²) < 4.78 is 16.7. The van der Waals surface area contributed by atoms with Crippen LogP contribution in [-0.2, 0) is 6.54 Å². The maximum absolute atomic E-state index is 13.8. The van der Waals surface area contributed by atoms with Gasteiger partial charge in [0.1, 0.15) is 11.5 Å². The van der Waals surface area contributed by atoms with Crippen LogP contribution in [0.15, 0.2) is 95.6 Å². The number of fused-ring (bicyclic) bond motifs is 1. The maximum Gasteiger partial charge on any atom is 0.162 e. The number of rotatable bonds is 4. The van der Waals surface area contributed by atoms with Gasteiger partial charge in [0.2, 0.25) is 0 Å². The van der Waals surface area contributed by atoms with Crippen molar-refractivity contribution in [1.82, 2.24) is 14.5 Å². The van der Waals surface area contributed by atoms with Crippen LogP contribution < -0.4 is 0 Å². The van der Waals surface area contributed by atoms with Gasteiger partial charge in [0, 0.05) is 27.2 Å². The average molecular weight is 458 g/mol. The molecule has 0 saturated heterocycles. The first-order valence-electron chi connectivity index (χ1n) is 9.61. The summed E-state index contributed by atoms with van der Waals surface area (Å²) in [5.74, 6) is 0.412. The monoisotopic (exact) mass is 457 g/mol. The highest BCUT2D eigenvalue weighted by atomic mass is 79.9. The SMILES string of the molecule is Fc1ccc(Br)c(Cn2ccc3c(-c4ccccc4)nc(-c4ccccc4)nc32)c1. The molecule has 0 saturated carbocycles. The van der Waals surface area contributed by atoms with E-state index in [2.05, 4.69) is 28.1 Å². The van der Waals surface area contributed by atoms with Crippen LogP contribution in [0.3, 0.4) is 0 Å². The lowest BCUT2D eigenvalue weighted by atomic mass is 10.1. The summed E-state index contributed by atoms with van der Waals surface area (Å²) in [6, 6.07) is 26.8. The van der Waals surface area contributed by atoms with E-state index in [1.165, 1.54) is 6.07 Å². The molecule has 5 aromatic rings. The van der Waals surface area contributed by atoms with Gasteiger partial charge in [0.25, 0.3) is 0 Å². The predicted octanol–water partition coefficient (Wildman–Crippen LogP) is 6.72. The molecule has 0 atom stereocenters. The molecular formula is C25H17BrFN3. The second kappa shape index (κ2) is 7.84. The summed E-state index contributed by atoms with van der Waals surface area (Å²) in [4.78, 5) is 9.78.